The number of carbonyl (C=O) groups is 2. The summed E-state index contributed by atoms with van der Waals surface area (Å²) in [5.41, 5.74) is 6.39. The Labute approximate surface area is 365 Å². The number of carboxylic acids is 2. The number of carboxylic acid groups (broad SMARTS) is 2. The topological polar surface area (TPSA) is 401 Å². The van der Waals surface area contributed by atoms with Crippen molar-refractivity contribution in [3.8, 4) is 0 Å². The van der Waals surface area contributed by atoms with Crippen molar-refractivity contribution in [2.45, 2.75) is 153 Å². The van der Waals surface area contributed by atoms with Crippen LogP contribution in [0.4, 0.5) is 0 Å². The standard InChI is InChI=1S/C36H61NO27/c1-50-20-12(9-40)57-33(13(37)21(20)51-2)61-24-22(52-3)28(54-5)36(63-26(24)30(45)46)60-19-11(8-39)58-34(17(44)15(19)42)62-25-23(53-4)29(55-6)35(64-27(25)31(47)48)59-18-10(7-38)56-32(49)16(43)14(18)41/h10-29,32-36,38-44,49H,7-9,37H2,1-6H3,(H,45,46)(H,47,48)/t10?,11?,12?,13?,14?,15?,16?,17?,18-,19-,20-,21?,22?,23?,24+,25+,26?,27?,28?,29?,32+,33-,34-,35-,36-/m1/s1. The second kappa shape index (κ2) is 23.3. The van der Waals surface area contributed by atoms with Crippen molar-refractivity contribution in [3.63, 3.8) is 0 Å². The van der Waals surface area contributed by atoms with Gasteiger partial charge in [0, 0.05) is 42.7 Å². The number of hydrogen-bond donors (Lipinski definition) is 11. The van der Waals surface area contributed by atoms with Crippen molar-refractivity contribution in [3.05, 3.63) is 0 Å². The lowest BCUT2D eigenvalue weighted by Crippen LogP contribution is -2.69. The van der Waals surface area contributed by atoms with Gasteiger partial charge in [0.1, 0.15) is 104 Å². The minimum Gasteiger partial charge on any atom is -0.479 e. The lowest BCUT2D eigenvalue weighted by molar-refractivity contribution is -0.389. The number of nitrogens with two attached hydrogens (primary N) is 1. The molecule has 0 bridgehead atoms. The average Bonchev–Trinajstić information content (AvgIpc) is 3.28. The van der Waals surface area contributed by atoms with E-state index in [0.717, 1.165) is 14.2 Å². The van der Waals surface area contributed by atoms with Crippen LogP contribution < -0.4 is 5.73 Å². The van der Waals surface area contributed by atoms with Crippen LogP contribution in [0, 0.1) is 0 Å². The van der Waals surface area contributed by atoms with E-state index in [9.17, 15) is 60.7 Å². The summed E-state index contributed by atoms with van der Waals surface area (Å²) in [5, 5.41) is 105. The van der Waals surface area contributed by atoms with E-state index in [1.54, 1.807) is 0 Å². The van der Waals surface area contributed by atoms with Gasteiger partial charge in [-0.3, -0.25) is 0 Å². The highest BCUT2D eigenvalue weighted by Gasteiger charge is 2.59. The molecule has 64 heavy (non-hydrogen) atoms. The molecule has 12 N–H and O–H groups in total. The molecule has 0 aromatic heterocycles. The minimum absolute atomic E-state index is 0.548. The van der Waals surface area contributed by atoms with Crippen molar-refractivity contribution in [1.82, 2.24) is 0 Å². The van der Waals surface area contributed by atoms with Gasteiger partial charge in [0.2, 0.25) is 0 Å². The molecule has 5 aliphatic rings. The fourth-order valence-electron chi connectivity index (χ4n) is 8.53. The van der Waals surface area contributed by atoms with Gasteiger partial charge >= 0.3 is 11.9 Å². The highest BCUT2D eigenvalue weighted by atomic mass is 16.8. The van der Waals surface area contributed by atoms with Crippen molar-refractivity contribution in [2.75, 3.05) is 62.5 Å². The molecule has 25 atom stereocenters. The Bertz CT molecular complexity index is 1470. The van der Waals surface area contributed by atoms with Crippen LogP contribution in [0.1, 0.15) is 0 Å². The average molecular weight is 940 g/mol. The van der Waals surface area contributed by atoms with E-state index >= 15 is 0 Å². The van der Waals surface area contributed by atoms with Crippen LogP contribution in [-0.2, 0) is 80.6 Å². The fraction of sp³-hybridized carbons (Fsp3) is 0.944. The monoisotopic (exact) mass is 939 g/mol. The fourth-order valence-corrected chi connectivity index (χ4v) is 8.53. The van der Waals surface area contributed by atoms with Crippen LogP contribution in [0.15, 0.2) is 0 Å². The van der Waals surface area contributed by atoms with Crippen molar-refractivity contribution < 1.29 is 132 Å². The van der Waals surface area contributed by atoms with Crippen LogP contribution in [-0.4, -0.2) is 279 Å². The summed E-state index contributed by atoms with van der Waals surface area (Å²) in [6, 6.07) is -1.09. The lowest BCUT2D eigenvalue weighted by atomic mass is 9.94. The molecule has 0 radical (unpaired) electrons. The third-order valence-electron chi connectivity index (χ3n) is 11.8. The van der Waals surface area contributed by atoms with Gasteiger partial charge in [-0.05, 0) is 0 Å². The van der Waals surface area contributed by atoms with Crippen molar-refractivity contribution in [1.29, 1.82) is 0 Å². The van der Waals surface area contributed by atoms with Gasteiger partial charge in [-0.15, -0.1) is 0 Å². The number of aliphatic hydroxyl groups is 8. The van der Waals surface area contributed by atoms with Gasteiger partial charge in [-0.2, -0.15) is 0 Å². The largest absolute Gasteiger partial charge is 0.479 e. The summed E-state index contributed by atoms with van der Waals surface area (Å²) < 4.78 is 85.3. The molecule has 0 spiro atoms. The molecule has 0 aliphatic carbocycles. The molecule has 0 amide bonds. The van der Waals surface area contributed by atoms with Gasteiger partial charge in [0.15, 0.2) is 43.7 Å². The van der Waals surface area contributed by atoms with Crippen LogP contribution in [0.5, 0.6) is 0 Å². The predicted octanol–water partition coefficient (Wildman–Crippen LogP) is -7.85. The van der Waals surface area contributed by atoms with Gasteiger partial charge in [0.05, 0.1) is 25.9 Å². The Morgan fingerprint density at radius 2 is 0.781 bits per heavy atom. The van der Waals surface area contributed by atoms with Crippen LogP contribution in [0.25, 0.3) is 0 Å². The molecule has 0 aromatic carbocycles. The van der Waals surface area contributed by atoms with Crippen molar-refractivity contribution >= 4 is 11.9 Å². The van der Waals surface area contributed by atoms with Gasteiger partial charge in [-0.1, -0.05) is 0 Å². The van der Waals surface area contributed by atoms with Crippen LogP contribution >= 0.6 is 0 Å². The van der Waals surface area contributed by atoms with Gasteiger partial charge in [0.25, 0.3) is 0 Å². The molecule has 0 aromatic rings. The SMILES string of the molecule is COC1C(OC)[C@H](O[C@H]2OC(CO)[C@@H](OC)C(OC)C2N)C(C(=O)O)O[C@H]1O[C@@H]1C(CO)O[C@H](O[C@@H]2C(C(=O)O)O[C@@H](O[C@@H]3C(CO)O[C@H](O)C(O)C3O)C(OC)C2OC)C(O)C1O. The Morgan fingerprint density at radius 3 is 1.19 bits per heavy atom. The molecule has 28 nitrogen and oxygen atoms in total. The number of aliphatic hydroxyl groups excluding tert-OH is 8. The highest BCUT2D eigenvalue weighted by Crippen LogP contribution is 2.38. The number of hydrogen-bond acceptors (Lipinski definition) is 26. The maximum atomic E-state index is 12.7. The third-order valence-corrected chi connectivity index (χ3v) is 11.8. The summed E-state index contributed by atoms with van der Waals surface area (Å²) in [6.45, 7) is -2.32. The first-order valence-corrected chi connectivity index (χ1v) is 20.0. The zero-order valence-corrected chi connectivity index (χ0v) is 35.5. The van der Waals surface area contributed by atoms with Crippen LogP contribution in [0.3, 0.4) is 0 Å². The molecule has 5 rings (SSSR count). The van der Waals surface area contributed by atoms with Gasteiger partial charge in [-0.25, -0.2) is 9.59 Å². The Morgan fingerprint density at radius 1 is 0.422 bits per heavy atom. The molecule has 5 aliphatic heterocycles. The smallest absolute Gasteiger partial charge is 0.335 e. The number of aliphatic carboxylic acids is 2. The molecule has 5 heterocycles. The summed E-state index contributed by atoms with van der Waals surface area (Å²) >= 11 is 0. The highest BCUT2D eigenvalue weighted by molar-refractivity contribution is 5.74. The number of rotatable bonds is 19. The molecule has 15 unspecified atom stereocenters. The first-order valence-electron chi connectivity index (χ1n) is 20.0. The second-order valence-corrected chi connectivity index (χ2v) is 15.4. The summed E-state index contributed by atoms with van der Waals surface area (Å²) in [6.07, 6.45) is -38.7. The second-order valence-electron chi connectivity index (χ2n) is 15.4. The maximum absolute atomic E-state index is 12.7. The van der Waals surface area contributed by atoms with Gasteiger partial charge < -0.3 is 128 Å². The predicted molar refractivity (Wildman–Crippen MR) is 198 cm³/mol. The molecule has 5 saturated heterocycles. The van der Waals surface area contributed by atoms with E-state index in [-0.39, 0.29) is 0 Å². The molecular weight excluding hydrogens is 878 g/mol. The van der Waals surface area contributed by atoms with E-state index in [1.807, 2.05) is 0 Å². The summed E-state index contributed by atoms with van der Waals surface area (Å²) in [7, 11) is 7.40. The van der Waals surface area contributed by atoms with E-state index in [1.165, 1.54) is 28.4 Å². The first kappa shape index (κ1) is 52.9. The minimum atomic E-state index is -2.11. The molecule has 372 valence electrons. The van der Waals surface area contributed by atoms with E-state index < -0.39 is 185 Å². The maximum Gasteiger partial charge on any atom is 0.335 e. The number of ether oxygens (including phenoxy) is 15. The normalized spacial score (nSPS) is 47.9. The molecule has 5 fully saturated rings. The van der Waals surface area contributed by atoms with Crippen LogP contribution in [0.2, 0.25) is 0 Å². The zero-order chi connectivity index (χ0) is 47.3. The zero-order valence-electron chi connectivity index (χ0n) is 35.5. The Hall–Kier alpha value is -2.02. The summed E-state index contributed by atoms with van der Waals surface area (Å²) in [5.74, 6) is -3.27. The number of methoxy groups -OCH3 is 6. The van der Waals surface area contributed by atoms with Crippen molar-refractivity contribution in [2.24, 2.45) is 5.73 Å². The van der Waals surface area contributed by atoms with E-state index in [0.29, 0.717) is 0 Å². The molecule has 28 heteroatoms. The Kier molecular flexibility index (Phi) is 19.3. The summed E-state index contributed by atoms with van der Waals surface area (Å²) in [4.78, 5) is 25.4. The Balaban J connectivity index is 1.33. The van der Waals surface area contributed by atoms with E-state index in [4.69, 9.17) is 76.8 Å². The third kappa shape index (κ3) is 10.6. The van der Waals surface area contributed by atoms with E-state index in [2.05, 4.69) is 0 Å². The molecular formula is C36H61NO27. The molecule has 0 saturated carbocycles. The quantitative estimate of drug-likeness (QED) is 0.0573. The first-order chi connectivity index (χ1) is 30.5. The lowest BCUT2D eigenvalue weighted by Gasteiger charge is -2.50.